The quantitative estimate of drug-likeness (QED) is 0.713. The number of carbonyl (C=O) groups is 2. The summed E-state index contributed by atoms with van der Waals surface area (Å²) >= 11 is 0. The van der Waals surface area contributed by atoms with Crippen LogP contribution in [0.25, 0.3) is 16.9 Å². The van der Waals surface area contributed by atoms with Crippen LogP contribution in [0.5, 0.6) is 0 Å². The molecule has 0 radical (unpaired) electrons. The van der Waals surface area contributed by atoms with Crippen LogP contribution >= 0.6 is 0 Å². The first-order valence-corrected chi connectivity index (χ1v) is 9.87. The van der Waals surface area contributed by atoms with Crippen molar-refractivity contribution >= 4 is 17.6 Å². The van der Waals surface area contributed by atoms with E-state index in [0.717, 1.165) is 0 Å². The van der Waals surface area contributed by atoms with Crippen molar-refractivity contribution < 1.29 is 18.7 Å². The van der Waals surface area contributed by atoms with Crippen LogP contribution in [0.15, 0.2) is 42.9 Å². The molecule has 1 fully saturated rings. The van der Waals surface area contributed by atoms with Gasteiger partial charge in [-0.1, -0.05) is 0 Å². The van der Waals surface area contributed by atoms with Crippen molar-refractivity contribution in [2.45, 2.75) is 25.8 Å². The van der Waals surface area contributed by atoms with E-state index >= 15 is 0 Å². The van der Waals surface area contributed by atoms with Crippen molar-refractivity contribution in [2.24, 2.45) is 0 Å². The molecule has 1 aromatic carbocycles. The number of imidazole rings is 1. The van der Waals surface area contributed by atoms with Crippen LogP contribution in [0.2, 0.25) is 0 Å². The van der Waals surface area contributed by atoms with Gasteiger partial charge in [0, 0.05) is 43.3 Å². The molecule has 4 rings (SSSR count). The number of fused-ring (bicyclic) bond motifs is 1. The molecule has 2 aromatic heterocycles. The Morgan fingerprint density at radius 2 is 1.97 bits per heavy atom. The molecular formula is C21H22FN5O3. The highest BCUT2D eigenvalue weighted by molar-refractivity contribution is 5.93. The van der Waals surface area contributed by atoms with Crippen molar-refractivity contribution in [3.8, 4) is 11.3 Å². The standard InChI is InChI=1S/C21H22FN5O3/c1-2-30-21(29)26-10-7-16(8-11-26)24-20(28)17-13-27-12-9-23-18(19(27)25-17)14-3-5-15(22)6-4-14/h3-6,9,12-13,16H,2,7-8,10-11H2,1H3,(H,24,28). The normalized spacial score (nSPS) is 14.7. The maximum Gasteiger partial charge on any atom is 0.409 e. The van der Waals surface area contributed by atoms with Gasteiger partial charge in [0.15, 0.2) is 5.65 Å². The minimum absolute atomic E-state index is 0.0392. The molecule has 2 amide bonds. The van der Waals surface area contributed by atoms with Crippen LogP contribution in [0.3, 0.4) is 0 Å². The number of benzene rings is 1. The number of nitrogens with zero attached hydrogens (tertiary/aromatic N) is 4. The Morgan fingerprint density at radius 3 is 2.67 bits per heavy atom. The number of piperidine rings is 1. The zero-order valence-corrected chi connectivity index (χ0v) is 16.5. The van der Waals surface area contributed by atoms with E-state index < -0.39 is 0 Å². The molecule has 1 N–H and O–H groups in total. The molecule has 8 nitrogen and oxygen atoms in total. The molecule has 1 saturated heterocycles. The Balaban J connectivity index is 1.46. The smallest absolute Gasteiger partial charge is 0.409 e. The fourth-order valence-electron chi connectivity index (χ4n) is 3.52. The predicted octanol–water partition coefficient (Wildman–Crippen LogP) is 2.89. The molecule has 0 saturated carbocycles. The van der Waals surface area contributed by atoms with Crippen LogP contribution in [0.1, 0.15) is 30.3 Å². The van der Waals surface area contributed by atoms with Gasteiger partial charge in [0.2, 0.25) is 0 Å². The number of amides is 2. The second-order valence-electron chi connectivity index (χ2n) is 7.07. The minimum atomic E-state index is -0.330. The van der Waals surface area contributed by atoms with Crippen molar-refractivity contribution in [3.63, 3.8) is 0 Å². The zero-order valence-electron chi connectivity index (χ0n) is 16.5. The van der Waals surface area contributed by atoms with Crippen molar-refractivity contribution in [1.29, 1.82) is 0 Å². The van der Waals surface area contributed by atoms with Gasteiger partial charge in [-0.2, -0.15) is 0 Å². The molecule has 0 bridgehead atoms. The summed E-state index contributed by atoms with van der Waals surface area (Å²) < 4.78 is 20.0. The van der Waals surface area contributed by atoms with Gasteiger partial charge in [0.25, 0.3) is 5.91 Å². The summed E-state index contributed by atoms with van der Waals surface area (Å²) in [6.07, 6.45) is 5.96. The Hall–Kier alpha value is -3.49. The summed E-state index contributed by atoms with van der Waals surface area (Å²) in [5, 5.41) is 2.99. The number of hydrogen-bond acceptors (Lipinski definition) is 5. The largest absolute Gasteiger partial charge is 0.450 e. The van der Waals surface area contributed by atoms with E-state index in [4.69, 9.17) is 4.74 Å². The Labute approximate surface area is 172 Å². The lowest BCUT2D eigenvalue weighted by atomic mass is 10.1. The van der Waals surface area contributed by atoms with E-state index in [-0.39, 0.29) is 29.6 Å². The number of nitrogens with one attached hydrogen (secondary N) is 1. The van der Waals surface area contributed by atoms with Gasteiger partial charge < -0.3 is 19.4 Å². The molecule has 3 heterocycles. The summed E-state index contributed by atoms with van der Waals surface area (Å²) in [7, 11) is 0. The summed E-state index contributed by atoms with van der Waals surface area (Å²) in [4.78, 5) is 35.0. The number of ether oxygens (including phenoxy) is 1. The Bertz CT molecular complexity index is 1060. The van der Waals surface area contributed by atoms with Crippen molar-refractivity contribution in [2.75, 3.05) is 19.7 Å². The first kappa shape index (κ1) is 19.8. The molecule has 9 heteroatoms. The summed E-state index contributed by atoms with van der Waals surface area (Å²) in [5.74, 6) is -0.610. The van der Waals surface area contributed by atoms with E-state index in [1.165, 1.54) is 12.1 Å². The second-order valence-corrected chi connectivity index (χ2v) is 7.07. The third kappa shape index (κ3) is 4.10. The molecular weight excluding hydrogens is 389 g/mol. The Morgan fingerprint density at radius 1 is 1.23 bits per heavy atom. The summed E-state index contributed by atoms with van der Waals surface area (Å²) in [6.45, 7) is 3.19. The number of likely N-dealkylation sites (tertiary alicyclic amines) is 1. The lowest BCUT2D eigenvalue weighted by molar-refractivity contribution is 0.0857. The first-order valence-electron chi connectivity index (χ1n) is 9.87. The average molecular weight is 411 g/mol. The van der Waals surface area contributed by atoms with Crippen LogP contribution in [0, 0.1) is 5.82 Å². The molecule has 0 spiro atoms. The van der Waals surface area contributed by atoms with Gasteiger partial charge in [0.05, 0.1) is 6.61 Å². The zero-order chi connectivity index (χ0) is 21.1. The van der Waals surface area contributed by atoms with E-state index in [9.17, 15) is 14.0 Å². The monoisotopic (exact) mass is 411 g/mol. The minimum Gasteiger partial charge on any atom is -0.450 e. The van der Waals surface area contributed by atoms with Crippen LogP contribution < -0.4 is 5.32 Å². The average Bonchev–Trinajstić information content (AvgIpc) is 3.20. The fraction of sp³-hybridized carbons (Fsp3) is 0.333. The van der Waals surface area contributed by atoms with E-state index in [1.807, 2.05) is 0 Å². The number of aromatic nitrogens is 3. The summed E-state index contributed by atoms with van der Waals surface area (Å²) in [5.41, 5.74) is 2.08. The number of halogens is 1. The molecule has 1 aliphatic rings. The molecule has 0 aliphatic carbocycles. The van der Waals surface area contributed by atoms with Crippen molar-refractivity contribution in [3.05, 3.63) is 54.4 Å². The number of carbonyl (C=O) groups excluding carboxylic acids is 2. The van der Waals surface area contributed by atoms with E-state index in [2.05, 4.69) is 15.3 Å². The van der Waals surface area contributed by atoms with Gasteiger partial charge in [-0.3, -0.25) is 9.78 Å². The first-order chi connectivity index (χ1) is 14.5. The molecule has 3 aromatic rings. The molecule has 0 atom stereocenters. The summed E-state index contributed by atoms with van der Waals surface area (Å²) in [6, 6.07) is 5.94. The van der Waals surface area contributed by atoms with Crippen LogP contribution in [-0.4, -0.2) is 57.0 Å². The van der Waals surface area contributed by atoms with E-state index in [0.29, 0.717) is 49.4 Å². The van der Waals surface area contributed by atoms with E-state index in [1.54, 1.807) is 46.9 Å². The number of hydrogen-bond donors (Lipinski definition) is 1. The SMILES string of the molecule is CCOC(=O)N1CCC(NC(=O)c2cn3ccnc(-c4ccc(F)cc4)c3n2)CC1. The molecule has 0 unspecified atom stereocenters. The van der Waals surface area contributed by atoms with Crippen LogP contribution in [0.4, 0.5) is 9.18 Å². The van der Waals surface area contributed by atoms with Crippen molar-refractivity contribution in [1.82, 2.24) is 24.6 Å². The highest BCUT2D eigenvalue weighted by Gasteiger charge is 2.25. The van der Waals surface area contributed by atoms with Gasteiger partial charge >= 0.3 is 6.09 Å². The lowest BCUT2D eigenvalue weighted by Crippen LogP contribution is -2.46. The third-order valence-electron chi connectivity index (χ3n) is 5.08. The van der Waals surface area contributed by atoms with Gasteiger partial charge in [-0.15, -0.1) is 0 Å². The van der Waals surface area contributed by atoms with Crippen LogP contribution in [-0.2, 0) is 4.74 Å². The fourth-order valence-corrected chi connectivity index (χ4v) is 3.52. The van der Waals surface area contributed by atoms with Gasteiger partial charge in [0.1, 0.15) is 17.2 Å². The third-order valence-corrected chi connectivity index (χ3v) is 5.08. The highest BCUT2D eigenvalue weighted by atomic mass is 19.1. The maximum absolute atomic E-state index is 13.2. The lowest BCUT2D eigenvalue weighted by Gasteiger charge is -2.31. The molecule has 1 aliphatic heterocycles. The van der Waals surface area contributed by atoms with Gasteiger partial charge in [-0.25, -0.2) is 14.2 Å². The van der Waals surface area contributed by atoms with Gasteiger partial charge in [-0.05, 0) is 44.0 Å². The maximum atomic E-state index is 13.2. The highest BCUT2D eigenvalue weighted by Crippen LogP contribution is 2.22. The number of rotatable bonds is 4. The molecule has 30 heavy (non-hydrogen) atoms. The second kappa shape index (κ2) is 8.48. The Kier molecular flexibility index (Phi) is 5.60. The topological polar surface area (TPSA) is 88.8 Å². The molecule has 156 valence electrons. The predicted molar refractivity (Wildman–Crippen MR) is 107 cm³/mol.